The Morgan fingerprint density at radius 1 is 1.50 bits per heavy atom. The molecule has 1 aromatic heterocycles. The van der Waals surface area contributed by atoms with E-state index in [4.69, 9.17) is 9.15 Å². The molecule has 1 unspecified atom stereocenters. The van der Waals surface area contributed by atoms with Gasteiger partial charge < -0.3 is 14.5 Å². The van der Waals surface area contributed by atoms with Gasteiger partial charge in [0.05, 0.1) is 12.1 Å². The fourth-order valence-electron chi connectivity index (χ4n) is 2.93. The van der Waals surface area contributed by atoms with Crippen LogP contribution in [-0.2, 0) is 17.8 Å². The first kappa shape index (κ1) is 15.5. The second-order valence-electron chi connectivity index (χ2n) is 6.04. The molecule has 0 aromatic carbocycles. The number of aryl methyl sites for hydroxylation is 1. The van der Waals surface area contributed by atoms with Gasteiger partial charge in [0.2, 0.25) is 0 Å². The van der Waals surface area contributed by atoms with E-state index in [1.54, 1.807) is 0 Å². The molecule has 1 saturated heterocycles. The summed E-state index contributed by atoms with van der Waals surface area (Å²) in [7, 11) is 1.81. The molecule has 114 valence electrons. The van der Waals surface area contributed by atoms with Gasteiger partial charge in [0.15, 0.2) is 0 Å². The first-order valence-corrected chi connectivity index (χ1v) is 7.63. The molecule has 1 aliphatic heterocycles. The standard InChI is InChI=1S/C16H28N2O2/c1-5-17-10-14-9-15(20-13(14)2)11-18-8-6-7-16(3,12-18)19-4/h9,17H,5-8,10-12H2,1-4H3. The first-order valence-electron chi connectivity index (χ1n) is 7.63. The van der Waals surface area contributed by atoms with E-state index in [9.17, 15) is 0 Å². The molecule has 1 atom stereocenters. The summed E-state index contributed by atoms with van der Waals surface area (Å²) in [6.45, 7) is 11.2. The van der Waals surface area contributed by atoms with Gasteiger partial charge in [-0.3, -0.25) is 4.90 Å². The van der Waals surface area contributed by atoms with Gasteiger partial charge >= 0.3 is 0 Å². The van der Waals surface area contributed by atoms with E-state index >= 15 is 0 Å². The highest BCUT2D eigenvalue weighted by Crippen LogP contribution is 2.26. The van der Waals surface area contributed by atoms with Crippen LogP contribution in [0.15, 0.2) is 10.5 Å². The molecule has 0 amide bonds. The summed E-state index contributed by atoms with van der Waals surface area (Å²) in [5, 5.41) is 3.35. The van der Waals surface area contributed by atoms with Crippen LogP contribution in [0.3, 0.4) is 0 Å². The molecule has 4 heteroatoms. The van der Waals surface area contributed by atoms with Gasteiger partial charge in [-0.15, -0.1) is 0 Å². The highest BCUT2D eigenvalue weighted by Gasteiger charge is 2.31. The number of furan rings is 1. The van der Waals surface area contributed by atoms with E-state index in [0.717, 1.165) is 50.7 Å². The molecule has 4 nitrogen and oxygen atoms in total. The lowest BCUT2D eigenvalue weighted by Gasteiger charge is -2.39. The third-order valence-electron chi connectivity index (χ3n) is 4.25. The largest absolute Gasteiger partial charge is 0.465 e. The molecule has 1 N–H and O–H groups in total. The smallest absolute Gasteiger partial charge is 0.118 e. The summed E-state index contributed by atoms with van der Waals surface area (Å²) in [4.78, 5) is 2.43. The van der Waals surface area contributed by atoms with Gasteiger partial charge in [-0.1, -0.05) is 6.92 Å². The number of nitrogens with one attached hydrogen (secondary N) is 1. The summed E-state index contributed by atoms with van der Waals surface area (Å²) < 4.78 is 11.5. The maximum atomic E-state index is 5.89. The van der Waals surface area contributed by atoms with Crippen molar-refractivity contribution < 1.29 is 9.15 Å². The molecule has 1 fully saturated rings. The molecule has 0 aliphatic carbocycles. The molecule has 1 aromatic rings. The lowest BCUT2D eigenvalue weighted by atomic mass is 9.95. The fraction of sp³-hybridized carbons (Fsp3) is 0.750. The molecular formula is C16H28N2O2. The van der Waals surface area contributed by atoms with Crippen LogP contribution in [0.5, 0.6) is 0 Å². The van der Waals surface area contributed by atoms with Gasteiger partial charge in [0.1, 0.15) is 11.5 Å². The average Bonchev–Trinajstić information content (AvgIpc) is 2.76. The van der Waals surface area contributed by atoms with Crippen molar-refractivity contribution in [3.8, 4) is 0 Å². The Balaban J connectivity index is 1.96. The SMILES string of the molecule is CCNCc1cc(CN2CCCC(C)(OC)C2)oc1C. The molecule has 1 aliphatic rings. The average molecular weight is 280 g/mol. The van der Waals surface area contributed by atoms with E-state index in [2.05, 4.69) is 30.1 Å². The zero-order chi connectivity index (χ0) is 14.6. The number of hydrogen-bond acceptors (Lipinski definition) is 4. The van der Waals surface area contributed by atoms with Crippen molar-refractivity contribution in [2.75, 3.05) is 26.7 Å². The minimum absolute atomic E-state index is 0.00746. The Morgan fingerprint density at radius 3 is 3.00 bits per heavy atom. The maximum Gasteiger partial charge on any atom is 0.118 e. The number of piperidine rings is 1. The first-order chi connectivity index (χ1) is 9.56. The Kier molecular flexibility index (Phi) is 5.24. The molecule has 0 radical (unpaired) electrons. The number of likely N-dealkylation sites (tertiary alicyclic amines) is 1. The van der Waals surface area contributed by atoms with Crippen LogP contribution < -0.4 is 5.32 Å². The number of rotatable bonds is 6. The molecular weight excluding hydrogens is 252 g/mol. The van der Waals surface area contributed by atoms with Crippen LogP contribution in [0.25, 0.3) is 0 Å². The number of hydrogen-bond donors (Lipinski definition) is 1. The summed E-state index contributed by atoms with van der Waals surface area (Å²) in [5.74, 6) is 2.10. The van der Waals surface area contributed by atoms with E-state index in [-0.39, 0.29) is 5.60 Å². The molecule has 2 heterocycles. The Labute approximate surface area is 122 Å². The second kappa shape index (κ2) is 6.74. The van der Waals surface area contributed by atoms with Crippen molar-refractivity contribution in [3.63, 3.8) is 0 Å². The van der Waals surface area contributed by atoms with Crippen LogP contribution in [0, 0.1) is 6.92 Å². The summed E-state index contributed by atoms with van der Waals surface area (Å²) in [5.41, 5.74) is 1.26. The van der Waals surface area contributed by atoms with Crippen molar-refractivity contribution in [3.05, 3.63) is 23.2 Å². The van der Waals surface area contributed by atoms with Crippen LogP contribution in [0.2, 0.25) is 0 Å². The Bertz CT molecular complexity index is 430. The topological polar surface area (TPSA) is 37.6 Å². The molecule has 20 heavy (non-hydrogen) atoms. The minimum atomic E-state index is -0.00746. The van der Waals surface area contributed by atoms with Gasteiger partial charge in [-0.2, -0.15) is 0 Å². The lowest BCUT2D eigenvalue weighted by molar-refractivity contribution is -0.0539. The van der Waals surface area contributed by atoms with Gasteiger partial charge in [0.25, 0.3) is 0 Å². The van der Waals surface area contributed by atoms with E-state index in [1.165, 1.54) is 12.0 Å². The van der Waals surface area contributed by atoms with Crippen LogP contribution in [0.4, 0.5) is 0 Å². The van der Waals surface area contributed by atoms with E-state index < -0.39 is 0 Å². The molecule has 0 spiro atoms. The highest BCUT2D eigenvalue weighted by atomic mass is 16.5. The van der Waals surface area contributed by atoms with Gasteiger partial charge in [-0.05, 0) is 45.8 Å². The van der Waals surface area contributed by atoms with Crippen LogP contribution in [-0.4, -0.2) is 37.2 Å². The second-order valence-corrected chi connectivity index (χ2v) is 6.04. The Hall–Kier alpha value is -0.840. The predicted octanol–water partition coefficient (Wildman–Crippen LogP) is 2.70. The monoisotopic (exact) mass is 280 g/mol. The normalized spacial score (nSPS) is 24.2. The number of ether oxygens (including phenoxy) is 1. The van der Waals surface area contributed by atoms with Gasteiger partial charge in [0, 0.05) is 25.8 Å². The van der Waals surface area contributed by atoms with Crippen LogP contribution in [0.1, 0.15) is 43.8 Å². The lowest BCUT2D eigenvalue weighted by Crippen LogP contribution is -2.46. The van der Waals surface area contributed by atoms with Crippen molar-refractivity contribution in [2.24, 2.45) is 0 Å². The predicted molar refractivity (Wildman–Crippen MR) is 80.8 cm³/mol. The fourth-order valence-corrected chi connectivity index (χ4v) is 2.93. The van der Waals surface area contributed by atoms with Crippen molar-refractivity contribution in [1.82, 2.24) is 10.2 Å². The molecule has 2 rings (SSSR count). The summed E-state index contributed by atoms with van der Waals surface area (Å²) in [6, 6.07) is 2.19. The quantitative estimate of drug-likeness (QED) is 0.869. The van der Waals surface area contributed by atoms with Gasteiger partial charge in [-0.25, -0.2) is 0 Å². The highest BCUT2D eigenvalue weighted by molar-refractivity contribution is 5.20. The van der Waals surface area contributed by atoms with Crippen molar-refractivity contribution >= 4 is 0 Å². The third-order valence-corrected chi connectivity index (χ3v) is 4.25. The Morgan fingerprint density at radius 2 is 2.30 bits per heavy atom. The number of nitrogens with zero attached hydrogens (tertiary/aromatic N) is 1. The molecule has 0 bridgehead atoms. The summed E-state index contributed by atoms with van der Waals surface area (Å²) >= 11 is 0. The summed E-state index contributed by atoms with van der Waals surface area (Å²) in [6.07, 6.45) is 2.33. The van der Waals surface area contributed by atoms with Crippen LogP contribution >= 0.6 is 0 Å². The minimum Gasteiger partial charge on any atom is -0.465 e. The van der Waals surface area contributed by atoms with Crippen molar-refractivity contribution in [1.29, 1.82) is 0 Å². The van der Waals surface area contributed by atoms with Crippen molar-refractivity contribution in [2.45, 2.75) is 52.3 Å². The zero-order valence-corrected chi connectivity index (χ0v) is 13.3. The van der Waals surface area contributed by atoms with E-state index in [0.29, 0.717) is 0 Å². The number of methoxy groups -OCH3 is 1. The zero-order valence-electron chi connectivity index (χ0n) is 13.3. The third kappa shape index (κ3) is 3.84. The van der Waals surface area contributed by atoms with E-state index in [1.807, 2.05) is 14.0 Å². The maximum absolute atomic E-state index is 5.89. The molecule has 0 saturated carbocycles.